The summed E-state index contributed by atoms with van der Waals surface area (Å²) in [4.78, 5) is 17.0. The highest BCUT2D eigenvalue weighted by molar-refractivity contribution is 8.01. The molecule has 3 aromatic rings. The monoisotopic (exact) mass is 386 g/mol. The van der Waals surface area contributed by atoms with Gasteiger partial charge in [-0.1, -0.05) is 71.1 Å². The summed E-state index contributed by atoms with van der Waals surface area (Å²) in [6, 6.07) is 17.7. The second-order valence-corrected chi connectivity index (χ2v) is 7.65. The molecule has 8 heteroatoms. The van der Waals surface area contributed by atoms with Gasteiger partial charge in [-0.3, -0.25) is 9.63 Å². The van der Waals surface area contributed by atoms with Crippen LogP contribution in [0.3, 0.4) is 0 Å². The zero-order chi connectivity index (χ0) is 18.2. The van der Waals surface area contributed by atoms with Gasteiger partial charge in [0, 0.05) is 5.69 Å². The molecule has 0 saturated heterocycles. The van der Waals surface area contributed by atoms with Crippen molar-refractivity contribution >= 4 is 39.8 Å². The summed E-state index contributed by atoms with van der Waals surface area (Å²) < 4.78 is 0.720. The van der Waals surface area contributed by atoms with E-state index in [-0.39, 0.29) is 11.7 Å². The van der Waals surface area contributed by atoms with Gasteiger partial charge in [0.1, 0.15) is 0 Å². The zero-order valence-electron chi connectivity index (χ0n) is 14.1. The number of aromatic nitrogens is 2. The van der Waals surface area contributed by atoms with Crippen molar-refractivity contribution in [2.75, 3.05) is 11.1 Å². The summed E-state index contributed by atoms with van der Waals surface area (Å²) in [6.07, 6.45) is 0. The molecule has 0 saturated carbocycles. The highest BCUT2D eigenvalue weighted by Gasteiger charge is 2.08. The molecule has 1 amide bonds. The normalized spacial score (nSPS) is 10.5. The molecule has 0 spiro atoms. The molecule has 3 rings (SSSR count). The fraction of sp³-hybridized carbons (Fsp3) is 0.167. The van der Waals surface area contributed by atoms with E-state index in [0.717, 1.165) is 15.6 Å². The number of aryl methyl sites for hydroxylation is 1. The van der Waals surface area contributed by atoms with Crippen molar-refractivity contribution in [2.45, 2.75) is 17.9 Å². The van der Waals surface area contributed by atoms with E-state index >= 15 is 0 Å². The Labute approximate surface area is 160 Å². The van der Waals surface area contributed by atoms with Crippen LogP contribution in [0.25, 0.3) is 0 Å². The van der Waals surface area contributed by atoms with Crippen LogP contribution in [0.1, 0.15) is 11.1 Å². The Morgan fingerprint density at radius 1 is 1.12 bits per heavy atom. The third-order valence-corrected chi connectivity index (χ3v) is 5.28. The number of nitrogens with zero attached hydrogens (tertiary/aromatic N) is 2. The summed E-state index contributed by atoms with van der Waals surface area (Å²) in [7, 11) is 0. The summed E-state index contributed by atoms with van der Waals surface area (Å²) in [5.41, 5.74) is 5.58. The van der Waals surface area contributed by atoms with Crippen molar-refractivity contribution in [3.8, 4) is 0 Å². The van der Waals surface area contributed by atoms with Gasteiger partial charge in [-0.2, -0.15) is 0 Å². The molecule has 0 atom stereocenters. The lowest BCUT2D eigenvalue weighted by Crippen LogP contribution is -2.25. The minimum absolute atomic E-state index is 0.214. The van der Waals surface area contributed by atoms with Crippen molar-refractivity contribution < 1.29 is 9.63 Å². The highest BCUT2D eigenvalue weighted by atomic mass is 32.2. The van der Waals surface area contributed by atoms with Crippen LogP contribution in [0.15, 0.2) is 58.9 Å². The molecule has 26 heavy (non-hydrogen) atoms. The molecule has 134 valence electrons. The smallest absolute Gasteiger partial charge is 0.253 e. The minimum atomic E-state index is -0.214. The average molecular weight is 387 g/mol. The Bertz CT molecular complexity index is 838. The second-order valence-electron chi connectivity index (χ2n) is 5.45. The average Bonchev–Trinajstić information content (AvgIpc) is 3.10. The Balaban J connectivity index is 1.40. The van der Waals surface area contributed by atoms with Gasteiger partial charge in [-0.05, 0) is 24.6 Å². The number of carbonyl (C=O) groups excluding carboxylic acids is 1. The fourth-order valence-corrected chi connectivity index (χ4v) is 3.57. The summed E-state index contributed by atoms with van der Waals surface area (Å²) in [6.45, 7) is 2.37. The molecular formula is C18H18N4O2S2. The topological polar surface area (TPSA) is 76.1 Å². The van der Waals surface area contributed by atoms with Crippen molar-refractivity contribution in [1.82, 2.24) is 15.7 Å². The SMILES string of the molecule is Cc1ccc(Nc2nnc(SCC(=O)NOCc3ccccc3)s2)cc1. The Morgan fingerprint density at radius 3 is 2.65 bits per heavy atom. The van der Waals surface area contributed by atoms with Crippen LogP contribution in [-0.4, -0.2) is 21.9 Å². The molecule has 1 aromatic heterocycles. The maximum absolute atomic E-state index is 11.8. The van der Waals surface area contributed by atoms with Gasteiger partial charge in [0.25, 0.3) is 5.91 Å². The van der Waals surface area contributed by atoms with E-state index in [1.165, 1.54) is 28.7 Å². The van der Waals surface area contributed by atoms with Crippen LogP contribution in [0, 0.1) is 6.92 Å². The summed E-state index contributed by atoms with van der Waals surface area (Å²) in [5.74, 6) is 0.00250. The first kappa shape index (κ1) is 18.4. The van der Waals surface area contributed by atoms with Crippen molar-refractivity contribution in [3.63, 3.8) is 0 Å². The first-order valence-electron chi connectivity index (χ1n) is 7.93. The van der Waals surface area contributed by atoms with Gasteiger partial charge in [0.2, 0.25) is 5.13 Å². The van der Waals surface area contributed by atoms with Crippen LogP contribution < -0.4 is 10.8 Å². The number of amides is 1. The van der Waals surface area contributed by atoms with Crippen molar-refractivity contribution in [3.05, 3.63) is 65.7 Å². The van der Waals surface area contributed by atoms with Gasteiger partial charge in [-0.25, -0.2) is 5.48 Å². The number of hydrogen-bond donors (Lipinski definition) is 2. The van der Waals surface area contributed by atoms with E-state index in [4.69, 9.17) is 4.84 Å². The molecule has 2 N–H and O–H groups in total. The molecule has 0 aliphatic carbocycles. The van der Waals surface area contributed by atoms with Crippen LogP contribution >= 0.6 is 23.1 Å². The molecule has 6 nitrogen and oxygen atoms in total. The molecule has 2 aromatic carbocycles. The number of hydrogen-bond acceptors (Lipinski definition) is 7. The number of benzene rings is 2. The molecule has 0 aliphatic heterocycles. The first-order chi connectivity index (χ1) is 12.7. The lowest BCUT2D eigenvalue weighted by Gasteiger charge is -2.04. The molecule has 0 aliphatic rings. The lowest BCUT2D eigenvalue weighted by molar-refractivity contribution is -0.131. The third-order valence-electron chi connectivity index (χ3n) is 3.30. The maximum atomic E-state index is 11.8. The van der Waals surface area contributed by atoms with E-state index in [2.05, 4.69) is 21.0 Å². The van der Waals surface area contributed by atoms with E-state index in [1.54, 1.807) is 0 Å². The maximum Gasteiger partial charge on any atom is 0.253 e. The minimum Gasteiger partial charge on any atom is -0.330 e. The van der Waals surface area contributed by atoms with Crippen molar-refractivity contribution in [1.29, 1.82) is 0 Å². The quantitative estimate of drug-likeness (QED) is 0.451. The van der Waals surface area contributed by atoms with E-state index in [9.17, 15) is 4.79 Å². The largest absolute Gasteiger partial charge is 0.330 e. The number of rotatable bonds is 8. The summed E-state index contributed by atoms with van der Waals surface area (Å²) >= 11 is 2.72. The predicted molar refractivity (Wildman–Crippen MR) is 104 cm³/mol. The Hall–Kier alpha value is -2.42. The number of anilines is 2. The fourth-order valence-electron chi connectivity index (χ4n) is 2.01. The second kappa shape index (κ2) is 9.33. The third kappa shape index (κ3) is 5.83. The molecular weight excluding hydrogens is 368 g/mol. The summed E-state index contributed by atoms with van der Waals surface area (Å²) in [5, 5.41) is 12.1. The number of hydroxylamine groups is 1. The van der Waals surface area contributed by atoms with Gasteiger partial charge >= 0.3 is 0 Å². The van der Waals surface area contributed by atoms with Crippen LogP contribution in [-0.2, 0) is 16.2 Å². The first-order valence-corrected chi connectivity index (χ1v) is 9.74. The molecule has 0 bridgehead atoms. The van der Waals surface area contributed by atoms with E-state index < -0.39 is 0 Å². The number of thioether (sulfide) groups is 1. The standard InChI is InChI=1S/C18H18N4O2S2/c1-13-7-9-15(10-8-13)19-17-20-21-18(26-17)25-12-16(23)22-24-11-14-5-3-2-4-6-14/h2-10H,11-12H2,1H3,(H,19,20)(H,22,23). The Morgan fingerprint density at radius 2 is 1.88 bits per heavy atom. The van der Waals surface area contributed by atoms with Gasteiger partial charge in [0.05, 0.1) is 12.4 Å². The molecule has 0 unspecified atom stereocenters. The van der Waals surface area contributed by atoms with Crippen LogP contribution in [0.5, 0.6) is 0 Å². The molecule has 0 radical (unpaired) electrons. The lowest BCUT2D eigenvalue weighted by atomic mass is 10.2. The van der Waals surface area contributed by atoms with E-state index in [1.807, 2.05) is 61.5 Å². The van der Waals surface area contributed by atoms with Crippen LogP contribution in [0.2, 0.25) is 0 Å². The predicted octanol–water partition coefficient (Wildman–Crippen LogP) is 3.93. The zero-order valence-corrected chi connectivity index (χ0v) is 15.8. The molecule has 1 heterocycles. The van der Waals surface area contributed by atoms with Gasteiger partial charge in [0.15, 0.2) is 4.34 Å². The molecule has 0 fully saturated rings. The van der Waals surface area contributed by atoms with Gasteiger partial charge in [-0.15, -0.1) is 10.2 Å². The highest BCUT2D eigenvalue weighted by Crippen LogP contribution is 2.27. The number of nitrogens with one attached hydrogen (secondary N) is 2. The Kier molecular flexibility index (Phi) is 6.59. The number of carbonyl (C=O) groups is 1. The van der Waals surface area contributed by atoms with Gasteiger partial charge < -0.3 is 5.32 Å². The van der Waals surface area contributed by atoms with Crippen molar-refractivity contribution in [2.24, 2.45) is 0 Å². The van der Waals surface area contributed by atoms with E-state index in [0.29, 0.717) is 11.7 Å². The van der Waals surface area contributed by atoms with Crippen LogP contribution in [0.4, 0.5) is 10.8 Å².